The Kier molecular flexibility index (Phi) is 13.0. The van der Waals surface area contributed by atoms with Crippen molar-refractivity contribution in [1.29, 1.82) is 0 Å². The summed E-state index contributed by atoms with van der Waals surface area (Å²) in [6.45, 7) is 10.7. The van der Waals surface area contributed by atoms with E-state index in [2.05, 4.69) is 230 Å². The highest BCUT2D eigenvalue weighted by molar-refractivity contribution is 7.59. The lowest BCUT2D eigenvalue weighted by molar-refractivity contribution is 1.18. The first kappa shape index (κ1) is 42.5. The smallest absolute Gasteiger partial charge is 0.0547 e. The molecule has 1 nitrogen and oxygen atoms in total. The first-order valence-electron chi connectivity index (χ1n) is 21.3. The Morgan fingerprint density at radius 2 is 0.873 bits per heavy atom. The summed E-state index contributed by atoms with van der Waals surface area (Å²) in [5, 5.41) is 5.14. The zero-order valence-electron chi connectivity index (χ0n) is 35.6. The molecule has 0 unspecified atom stereocenters. The number of rotatable bonds is 7. The van der Waals surface area contributed by atoms with Crippen molar-refractivity contribution in [2.24, 2.45) is 0 Å². The van der Waals surface area contributed by atoms with Crippen LogP contribution in [-0.4, -0.2) is 4.57 Å². The van der Waals surface area contributed by atoms with Crippen molar-refractivity contribution in [2.75, 3.05) is 0 Å². The van der Waals surface area contributed by atoms with Crippen molar-refractivity contribution in [3.63, 3.8) is 0 Å². The maximum Gasteiger partial charge on any atom is 0.0547 e. The lowest BCUT2D eigenvalue weighted by Gasteiger charge is -2.09. The quantitative estimate of drug-likeness (QED) is 0.141. The van der Waals surface area contributed by atoms with E-state index in [1.807, 2.05) is 25.2 Å². The summed E-state index contributed by atoms with van der Waals surface area (Å²) in [5.41, 5.74) is 15.9. The highest BCUT2D eigenvalue weighted by Crippen LogP contribution is 2.44. The van der Waals surface area contributed by atoms with Crippen molar-refractivity contribution < 1.29 is 0 Å². The molecule has 0 aliphatic carbocycles. The molecule has 0 atom stereocenters. The predicted molar refractivity (Wildman–Crippen MR) is 283 cm³/mol. The van der Waals surface area contributed by atoms with Gasteiger partial charge in [-0.15, -0.1) is 11.3 Å². The van der Waals surface area contributed by atoms with E-state index >= 15 is 0 Å². The first-order chi connectivity index (χ1) is 30.7. The van der Waals surface area contributed by atoms with Crippen LogP contribution in [-0.2, 0) is 0 Å². The van der Waals surface area contributed by atoms with Gasteiger partial charge in [-0.3, -0.25) is 0 Å². The second kappa shape index (κ2) is 19.3. The second-order valence-corrected chi connectivity index (χ2v) is 16.0. The molecule has 0 radical (unpaired) electrons. The Morgan fingerprint density at radius 1 is 0.381 bits per heavy atom. The van der Waals surface area contributed by atoms with Crippen molar-refractivity contribution in [3.8, 4) is 61.3 Å². The Labute approximate surface area is 382 Å². The van der Waals surface area contributed by atoms with E-state index in [0.717, 1.165) is 0 Å². The molecule has 11 aromatic rings. The average molecular weight is 848 g/mol. The molecule has 0 aliphatic rings. The van der Waals surface area contributed by atoms with Crippen LogP contribution in [0.3, 0.4) is 0 Å². The molecule has 0 saturated carbocycles. The summed E-state index contributed by atoms with van der Waals surface area (Å²) >= 11 is 1.89. The molecule has 2 aromatic heterocycles. The van der Waals surface area contributed by atoms with Crippen LogP contribution in [0.4, 0.5) is 0 Å². The van der Waals surface area contributed by atoms with Gasteiger partial charge in [-0.05, 0) is 110 Å². The van der Waals surface area contributed by atoms with E-state index < -0.39 is 0 Å². The molecular formula is C60H49NS2. The summed E-state index contributed by atoms with van der Waals surface area (Å²) in [5.74, 6) is 0. The van der Waals surface area contributed by atoms with Crippen LogP contribution >= 0.6 is 24.8 Å². The monoisotopic (exact) mass is 847 g/mol. The van der Waals surface area contributed by atoms with Crippen molar-refractivity contribution in [1.82, 2.24) is 4.57 Å². The van der Waals surface area contributed by atoms with E-state index in [9.17, 15) is 0 Å². The number of aromatic nitrogens is 1. The number of thiophene rings is 1. The van der Waals surface area contributed by atoms with Gasteiger partial charge in [0.2, 0.25) is 0 Å². The minimum atomic E-state index is 0. The van der Waals surface area contributed by atoms with Gasteiger partial charge in [-0.25, -0.2) is 0 Å². The number of allylic oxidation sites excluding steroid dienone is 2. The Bertz CT molecular complexity index is 3330. The fourth-order valence-electron chi connectivity index (χ4n) is 8.54. The molecule has 2 heterocycles. The maximum absolute atomic E-state index is 3.36. The molecule has 63 heavy (non-hydrogen) atoms. The van der Waals surface area contributed by atoms with E-state index in [1.165, 1.54) is 103 Å². The highest BCUT2D eigenvalue weighted by Gasteiger charge is 2.18. The zero-order valence-corrected chi connectivity index (χ0v) is 37.4. The molecular weight excluding hydrogens is 799 g/mol. The second-order valence-electron chi connectivity index (χ2n) is 15.0. The topological polar surface area (TPSA) is 4.93 Å². The molecule has 0 saturated heterocycles. The van der Waals surface area contributed by atoms with Gasteiger partial charge in [0, 0.05) is 36.6 Å². The van der Waals surface area contributed by atoms with Crippen LogP contribution in [0.2, 0.25) is 0 Å². The van der Waals surface area contributed by atoms with Crippen molar-refractivity contribution in [2.45, 2.75) is 13.8 Å². The predicted octanol–water partition coefficient (Wildman–Crippen LogP) is 18.0. The molecule has 9 aromatic carbocycles. The van der Waals surface area contributed by atoms with E-state index in [-0.39, 0.29) is 13.5 Å². The highest BCUT2D eigenvalue weighted by atomic mass is 32.1. The number of hydrogen-bond acceptors (Lipinski definition) is 1. The normalized spacial score (nSPS) is 10.7. The Balaban J connectivity index is 0.000000739. The van der Waals surface area contributed by atoms with Crippen LogP contribution in [0.1, 0.15) is 13.8 Å². The summed E-state index contributed by atoms with van der Waals surface area (Å²) < 4.78 is 5.04. The molecule has 0 N–H and O–H groups in total. The number of para-hydroxylation sites is 1. The molecule has 0 bridgehead atoms. The Morgan fingerprint density at radius 3 is 1.51 bits per heavy atom. The van der Waals surface area contributed by atoms with Gasteiger partial charge in [0.15, 0.2) is 0 Å². The molecule has 0 fully saturated rings. The lowest BCUT2D eigenvalue weighted by atomic mass is 9.95. The SMILES string of the molecule is C=CC=C.CC.S.c1ccc(-c2cccc(-c3cccc(-c4ccc5sc6c(-c7ccc8c(c7)c7c(-c9ccccc9)cccc7n8-c7ccccc7)cccc6c5c4)c3)c2)cc1. The molecule has 0 spiro atoms. The molecule has 306 valence electrons. The van der Waals surface area contributed by atoms with Gasteiger partial charge >= 0.3 is 0 Å². The van der Waals surface area contributed by atoms with Gasteiger partial charge in [0.1, 0.15) is 0 Å². The lowest BCUT2D eigenvalue weighted by Crippen LogP contribution is -1.93. The number of benzene rings is 9. The van der Waals surface area contributed by atoms with Crippen molar-refractivity contribution in [3.05, 3.63) is 238 Å². The third-order valence-corrected chi connectivity index (χ3v) is 12.6. The van der Waals surface area contributed by atoms with Crippen molar-refractivity contribution >= 4 is 66.8 Å². The average Bonchev–Trinajstić information content (AvgIpc) is 3.91. The molecule has 11 rings (SSSR count). The maximum atomic E-state index is 3.36. The van der Waals surface area contributed by atoms with Crippen LogP contribution in [0.5, 0.6) is 0 Å². The number of nitrogens with zero attached hydrogens (tertiary/aromatic N) is 1. The van der Waals surface area contributed by atoms with Gasteiger partial charge in [0.25, 0.3) is 0 Å². The fraction of sp³-hybridized carbons (Fsp3) is 0.0333. The van der Waals surface area contributed by atoms with Gasteiger partial charge in [-0.1, -0.05) is 197 Å². The molecule has 0 amide bonds. The van der Waals surface area contributed by atoms with Crippen LogP contribution in [0.25, 0.3) is 103 Å². The first-order valence-corrected chi connectivity index (χ1v) is 22.1. The third-order valence-electron chi connectivity index (χ3n) is 11.4. The standard InChI is InChI=1S/C54H35NS.C4H6.C2H6.H2S/c1-4-14-36(15-5-1)38-18-10-19-39(32-38)40-20-11-21-41(33-40)42-29-31-52-48(34-42)47-26-12-25-46(54(47)56-52)43-28-30-50-49(35-43)53-45(37-16-6-2-7-17-37)24-13-27-51(53)55(50)44-22-8-3-9-23-44;1-3-4-2;1-2;/h1-35H;3-4H,1-2H2;1-2H3;1H2. The van der Waals surface area contributed by atoms with Gasteiger partial charge in [-0.2, -0.15) is 13.5 Å². The summed E-state index contributed by atoms with van der Waals surface area (Å²) in [4.78, 5) is 0. The number of fused-ring (bicyclic) bond motifs is 6. The summed E-state index contributed by atoms with van der Waals surface area (Å²) in [6.07, 6.45) is 3.28. The van der Waals surface area contributed by atoms with Crippen LogP contribution < -0.4 is 0 Å². The van der Waals surface area contributed by atoms with Gasteiger partial charge in [0.05, 0.1) is 11.0 Å². The van der Waals surface area contributed by atoms with Crippen LogP contribution in [0, 0.1) is 0 Å². The third kappa shape index (κ3) is 8.29. The van der Waals surface area contributed by atoms with Crippen LogP contribution in [0.15, 0.2) is 238 Å². The summed E-state index contributed by atoms with van der Waals surface area (Å²) in [6, 6.07) is 77.5. The molecule has 0 aliphatic heterocycles. The van der Waals surface area contributed by atoms with E-state index in [1.54, 1.807) is 12.2 Å². The van der Waals surface area contributed by atoms with Gasteiger partial charge < -0.3 is 4.57 Å². The van der Waals surface area contributed by atoms with E-state index in [4.69, 9.17) is 0 Å². The minimum Gasteiger partial charge on any atom is -0.309 e. The van der Waals surface area contributed by atoms with E-state index in [0.29, 0.717) is 0 Å². The zero-order chi connectivity index (χ0) is 42.4. The Hall–Kier alpha value is -7.17. The molecule has 3 heteroatoms. The fourth-order valence-corrected chi connectivity index (χ4v) is 9.76. The largest absolute Gasteiger partial charge is 0.309 e. The minimum absolute atomic E-state index is 0. The summed E-state index contributed by atoms with van der Waals surface area (Å²) in [7, 11) is 0. The number of hydrogen-bond donors (Lipinski definition) is 0.